The van der Waals surface area contributed by atoms with Crippen LogP contribution in [-0.4, -0.2) is 11.3 Å². The van der Waals surface area contributed by atoms with Gasteiger partial charge in [0, 0.05) is 0 Å². The van der Waals surface area contributed by atoms with Crippen LogP contribution in [0.3, 0.4) is 0 Å². The minimum absolute atomic E-state index is 0.399. The van der Waals surface area contributed by atoms with Crippen LogP contribution in [0.4, 0.5) is 4.79 Å². The van der Waals surface area contributed by atoms with Crippen LogP contribution >= 0.6 is 0 Å². The maximum atomic E-state index is 10.2. The molecule has 0 spiro atoms. The quantitative estimate of drug-likeness (QED) is 0.686. The summed E-state index contributed by atoms with van der Waals surface area (Å²) in [7, 11) is 0. The average Bonchev–Trinajstić information content (AvgIpc) is 2.05. The Morgan fingerprint density at radius 3 is 2.50 bits per heavy atom. The van der Waals surface area contributed by atoms with Crippen molar-refractivity contribution in [2.24, 2.45) is 0 Å². The monoisotopic (exact) mass is 166 g/mol. The van der Waals surface area contributed by atoms with Gasteiger partial charge in [0.25, 0.3) is 0 Å². The first-order valence-corrected chi connectivity index (χ1v) is 3.64. The summed E-state index contributed by atoms with van der Waals surface area (Å²) in [5.41, 5.74) is 0.861. The molecule has 0 bridgehead atoms. The SMILES string of the molecule is CC(OC(=O)O)c1ccccc1. The van der Waals surface area contributed by atoms with E-state index >= 15 is 0 Å². The van der Waals surface area contributed by atoms with Gasteiger partial charge in [0.05, 0.1) is 0 Å². The van der Waals surface area contributed by atoms with Crippen molar-refractivity contribution >= 4 is 6.16 Å². The van der Waals surface area contributed by atoms with Crippen LogP contribution in [0.25, 0.3) is 0 Å². The van der Waals surface area contributed by atoms with Crippen LogP contribution in [-0.2, 0) is 4.74 Å². The number of benzene rings is 1. The molecule has 0 saturated heterocycles. The van der Waals surface area contributed by atoms with Crippen molar-refractivity contribution in [3.8, 4) is 0 Å². The van der Waals surface area contributed by atoms with Crippen LogP contribution in [0.15, 0.2) is 30.3 Å². The second-order valence-electron chi connectivity index (χ2n) is 2.44. The lowest BCUT2D eigenvalue weighted by atomic mass is 10.1. The molecule has 1 unspecified atom stereocenters. The first kappa shape index (κ1) is 8.59. The highest BCUT2D eigenvalue weighted by Gasteiger charge is 2.08. The molecule has 0 aliphatic rings. The van der Waals surface area contributed by atoms with E-state index in [0.717, 1.165) is 5.56 Å². The minimum atomic E-state index is -1.24. The smallest absolute Gasteiger partial charge is 0.450 e. The van der Waals surface area contributed by atoms with Gasteiger partial charge < -0.3 is 9.84 Å². The van der Waals surface area contributed by atoms with Gasteiger partial charge in [0.15, 0.2) is 0 Å². The second-order valence-corrected chi connectivity index (χ2v) is 2.44. The molecule has 1 aromatic rings. The van der Waals surface area contributed by atoms with Crippen LogP contribution < -0.4 is 0 Å². The Kier molecular flexibility index (Phi) is 2.69. The zero-order valence-corrected chi connectivity index (χ0v) is 6.73. The fraction of sp³-hybridized carbons (Fsp3) is 0.222. The number of hydrogen-bond acceptors (Lipinski definition) is 2. The van der Waals surface area contributed by atoms with Crippen molar-refractivity contribution < 1.29 is 14.6 Å². The van der Waals surface area contributed by atoms with Crippen LogP contribution in [0.2, 0.25) is 0 Å². The molecule has 3 nitrogen and oxygen atoms in total. The van der Waals surface area contributed by atoms with Crippen LogP contribution in [0.5, 0.6) is 0 Å². The van der Waals surface area contributed by atoms with E-state index in [1.54, 1.807) is 6.92 Å². The van der Waals surface area contributed by atoms with Gasteiger partial charge in [0.2, 0.25) is 0 Å². The predicted molar refractivity (Wildman–Crippen MR) is 44.0 cm³/mol. The molecule has 0 amide bonds. The van der Waals surface area contributed by atoms with E-state index in [4.69, 9.17) is 5.11 Å². The molecular weight excluding hydrogens is 156 g/mol. The largest absolute Gasteiger partial charge is 0.506 e. The molecule has 12 heavy (non-hydrogen) atoms. The molecule has 0 aromatic heterocycles. The molecule has 0 saturated carbocycles. The molecule has 64 valence electrons. The molecule has 0 radical (unpaired) electrons. The van der Waals surface area contributed by atoms with Crippen molar-refractivity contribution in [1.82, 2.24) is 0 Å². The summed E-state index contributed by atoms with van der Waals surface area (Å²) < 4.78 is 4.55. The Balaban J connectivity index is 2.65. The lowest BCUT2D eigenvalue weighted by molar-refractivity contribution is 0.0587. The molecule has 1 rings (SSSR count). The molecular formula is C9H10O3. The first-order chi connectivity index (χ1) is 5.70. The molecule has 0 heterocycles. The van der Waals surface area contributed by atoms with Crippen molar-refractivity contribution in [2.45, 2.75) is 13.0 Å². The maximum Gasteiger partial charge on any atom is 0.506 e. The average molecular weight is 166 g/mol. The summed E-state index contributed by atoms with van der Waals surface area (Å²) in [4.78, 5) is 10.2. The summed E-state index contributed by atoms with van der Waals surface area (Å²) in [6.45, 7) is 1.70. The number of ether oxygens (including phenoxy) is 1. The number of rotatable bonds is 2. The van der Waals surface area contributed by atoms with E-state index in [-0.39, 0.29) is 0 Å². The minimum Gasteiger partial charge on any atom is -0.450 e. The fourth-order valence-corrected chi connectivity index (χ4v) is 0.943. The van der Waals surface area contributed by atoms with Crippen molar-refractivity contribution in [3.05, 3.63) is 35.9 Å². The number of carboxylic acid groups (broad SMARTS) is 1. The van der Waals surface area contributed by atoms with Gasteiger partial charge in [-0.1, -0.05) is 30.3 Å². The summed E-state index contributed by atoms with van der Waals surface area (Å²) in [5, 5.41) is 8.32. The van der Waals surface area contributed by atoms with Gasteiger partial charge in [0.1, 0.15) is 6.10 Å². The Morgan fingerprint density at radius 1 is 1.42 bits per heavy atom. The Bertz CT molecular complexity index is 256. The van der Waals surface area contributed by atoms with E-state index in [9.17, 15) is 4.79 Å². The summed E-state index contributed by atoms with van der Waals surface area (Å²) in [5.74, 6) is 0. The Hall–Kier alpha value is -1.51. The topological polar surface area (TPSA) is 46.5 Å². The van der Waals surface area contributed by atoms with Crippen molar-refractivity contribution in [1.29, 1.82) is 0 Å². The van der Waals surface area contributed by atoms with Gasteiger partial charge in [-0.25, -0.2) is 4.79 Å². The van der Waals surface area contributed by atoms with E-state index in [0.29, 0.717) is 0 Å². The highest BCUT2D eigenvalue weighted by Crippen LogP contribution is 2.15. The molecule has 0 fully saturated rings. The number of hydrogen-bond donors (Lipinski definition) is 1. The van der Waals surface area contributed by atoms with Crippen LogP contribution in [0.1, 0.15) is 18.6 Å². The van der Waals surface area contributed by atoms with E-state index in [1.165, 1.54) is 0 Å². The highest BCUT2D eigenvalue weighted by molar-refractivity contribution is 5.57. The predicted octanol–water partition coefficient (Wildman–Crippen LogP) is 2.44. The molecule has 1 N–H and O–H groups in total. The van der Waals surface area contributed by atoms with E-state index < -0.39 is 12.3 Å². The maximum absolute atomic E-state index is 10.2. The van der Waals surface area contributed by atoms with E-state index in [1.807, 2.05) is 30.3 Å². The zero-order chi connectivity index (χ0) is 8.97. The molecule has 0 aliphatic carbocycles. The Morgan fingerprint density at radius 2 is 2.00 bits per heavy atom. The summed E-state index contributed by atoms with van der Waals surface area (Å²) in [6.07, 6.45) is -1.64. The Labute approximate surface area is 70.6 Å². The van der Waals surface area contributed by atoms with Crippen molar-refractivity contribution in [2.75, 3.05) is 0 Å². The normalized spacial score (nSPS) is 12.1. The molecule has 1 atom stereocenters. The molecule has 0 aliphatic heterocycles. The third-order valence-corrected chi connectivity index (χ3v) is 1.55. The number of carbonyl (C=O) groups is 1. The summed E-state index contributed by atoms with van der Waals surface area (Å²) in [6, 6.07) is 9.21. The van der Waals surface area contributed by atoms with Gasteiger partial charge in [-0.05, 0) is 12.5 Å². The van der Waals surface area contributed by atoms with Crippen molar-refractivity contribution in [3.63, 3.8) is 0 Å². The summed E-state index contributed by atoms with van der Waals surface area (Å²) >= 11 is 0. The standard InChI is InChI=1S/C9H10O3/c1-7(12-9(10)11)8-5-3-2-4-6-8/h2-7H,1H3,(H,10,11). The van der Waals surface area contributed by atoms with Gasteiger partial charge in [-0.3, -0.25) is 0 Å². The first-order valence-electron chi connectivity index (χ1n) is 3.64. The van der Waals surface area contributed by atoms with Gasteiger partial charge >= 0.3 is 6.16 Å². The molecule has 1 aromatic carbocycles. The molecule has 3 heteroatoms. The zero-order valence-electron chi connectivity index (χ0n) is 6.73. The third kappa shape index (κ3) is 2.27. The lowest BCUT2D eigenvalue weighted by Gasteiger charge is -2.09. The lowest BCUT2D eigenvalue weighted by Crippen LogP contribution is -2.05. The van der Waals surface area contributed by atoms with Gasteiger partial charge in [-0.2, -0.15) is 0 Å². The third-order valence-electron chi connectivity index (χ3n) is 1.55. The van der Waals surface area contributed by atoms with Gasteiger partial charge in [-0.15, -0.1) is 0 Å². The highest BCUT2D eigenvalue weighted by atomic mass is 16.7. The fourth-order valence-electron chi connectivity index (χ4n) is 0.943. The van der Waals surface area contributed by atoms with E-state index in [2.05, 4.69) is 4.74 Å². The second kappa shape index (κ2) is 3.76. The van der Waals surface area contributed by atoms with Crippen LogP contribution in [0, 0.1) is 0 Å².